The summed E-state index contributed by atoms with van der Waals surface area (Å²) in [6.07, 6.45) is 0.961. The van der Waals surface area contributed by atoms with Crippen molar-refractivity contribution in [1.29, 1.82) is 0 Å². The molecule has 0 bridgehead atoms. The lowest BCUT2D eigenvalue weighted by atomic mass is 10.1. The summed E-state index contributed by atoms with van der Waals surface area (Å²) in [5, 5.41) is 0.675. The van der Waals surface area contributed by atoms with Crippen molar-refractivity contribution in [3.05, 3.63) is 75.6 Å². The van der Waals surface area contributed by atoms with Crippen LogP contribution >= 0.6 is 0 Å². The molecule has 0 spiro atoms. The number of nitrogens with zero attached hydrogens (tertiary/aromatic N) is 1. The number of rotatable bonds is 5. The Morgan fingerprint density at radius 1 is 1.10 bits per heavy atom. The van der Waals surface area contributed by atoms with E-state index in [1.807, 2.05) is 19.9 Å². The van der Waals surface area contributed by atoms with Crippen molar-refractivity contribution >= 4 is 27.0 Å². The first kappa shape index (κ1) is 21.3. The summed E-state index contributed by atoms with van der Waals surface area (Å²) in [4.78, 5) is 24.8. The highest BCUT2D eigenvalue weighted by atomic mass is 32.2. The lowest BCUT2D eigenvalue weighted by Gasteiger charge is -2.23. The molecule has 1 aliphatic rings. The molecule has 2 heterocycles. The quantitative estimate of drug-likeness (QED) is 0.445. The third-order valence-corrected chi connectivity index (χ3v) is 7.38. The standard InChI is InChI=1S/C23H23NO6S/c1-15-5-8-18(9-6-15)31(27,28)24-11-3-4-20(24)23(26)29-14-17-13-22(25)30-21-12-16(2)7-10-19(17)21/h5-10,12-13,20H,3-4,11,14H2,1-2H3/t20-/m0/s1. The van der Waals surface area contributed by atoms with Crippen molar-refractivity contribution < 1.29 is 22.4 Å². The van der Waals surface area contributed by atoms with Crippen molar-refractivity contribution in [2.75, 3.05) is 6.54 Å². The molecule has 2 aromatic carbocycles. The molecule has 0 saturated carbocycles. The number of carbonyl (C=O) groups excluding carboxylic acids is 1. The highest BCUT2D eigenvalue weighted by Gasteiger charge is 2.40. The van der Waals surface area contributed by atoms with Crippen LogP contribution in [0.5, 0.6) is 0 Å². The molecule has 1 fully saturated rings. The molecule has 31 heavy (non-hydrogen) atoms. The van der Waals surface area contributed by atoms with Gasteiger partial charge in [0, 0.05) is 23.6 Å². The van der Waals surface area contributed by atoms with Gasteiger partial charge in [-0.25, -0.2) is 13.2 Å². The molecule has 1 aromatic heterocycles. The summed E-state index contributed by atoms with van der Waals surface area (Å²) in [5.41, 5.74) is 2.29. The zero-order valence-corrected chi connectivity index (χ0v) is 18.1. The SMILES string of the molecule is Cc1ccc(S(=O)(=O)N2CCC[C@H]2C(=O)OCc2cc(=O)oc3cc(C)ccc23)cc1. The molecule has 8 heteroatoms. The maximum atomic E-state index is 13.1. The largest absolute Gasteiger partial charge is 0.460 e. The lowest BCUT2D eigenvalue weighted by molar-refractivity contribution is -0.148. The fourth-order valence-electron chi connectivity index (χ4n) is 3.81. The van der Waals surface area contributed by atoms with Gasteiger partial charge < -0.3 is 9.15 Å². The Labute approximate surface area is 180 Å². The normalized spacial score (nSPS) is 17.2. The van der Waals surface area contributed by atoms with Gasteiger partial charge in [-0.05, 0) is 50.5 Å². The van der Waals surface area contributed by atoms with Crippen LogP contribution in [0.15, 0.2) is 62.6 Å². The van der Waals surface area contributed by atoms with Crippen LogP contribution in [-0.4, -0.2) is 31.3 Å². The van der Waals surface area contributed by atoms with E-state index in [0.29, 0.717) is 29.4 Å². The van der Waals surface area contributed by atoms with E-state index in [4.69, 9.17) is 9.15 Å². The third-order valence-electron chi connectivity index (χ3n) is 5.46. The van der Waals surface area contributed by atoms with E-state index in [-0.39, 0.29) is 18.0 Å². The number of fused-ring (bicyclic) bond motifs is 1. The summed E-state index contributed by atoms with van der Waals surface area (Å²) in [5.74, 6) is -0.623. The highest BCUT2D eigenvalue weighted by Crippen LogP contribution is 2.28. The number of carbonyl (C=O) groups is 1. The molecule has 1 atom stereocenters. The highest BCUT2D eigenvalue weighted by molar-refractivity contribution is 7.89. The van der Waals surface area contributed by atoms with Crippen LogP contribution in [0.3, 0.4) is 0 Å². The first-order valence-corrected chi connectivity index (χ1v) is 11.5. The molecule has 0 amide bonds. The molecule has 0 radical (unpaired) electrons. The first-order chi connectivity index (χ1) is 14.8. The monoisotopic (exact) mass is 441 g/mol. The summed E-state index contributed by atoms with van der Waals surface area (Å²) < 4.78 is 38.0. The van der Waals surface area contributed by atoms with Crippen molar-refractivity contribution in [1.82, 2.24) is 4.31 Å². The Balaban J connectivity index is 1.54. The van der Waals surface area contributed by atoms with Crippen molar-refractivity contribution in [2.24, 2.45) is 0 Å². The van der Waals surface area contributed by atoms with E-state index in [1.54, 1.807) is 36.4 Å². The van der Waals surface area contributed by atoms with Crippen molar-refractivity contribution in [2.45, 2.75) is 44.2 Å². The number of hydrogen-bond acceptors (Lipinski definition) is 6. The van der Waals surface area contributed by atoms with E-state index in [0.717, 1.165) is 11.1 Å². The van der Waals surface area contributed by atoms with Crippen LogP contribution in [0, 0.1) is 13.8 Å². The van der Waals surface area contributed by atoms with E-state index < -0.39 is 27.7 Å². The number of aryl methyl sites for hydroxylation is 2. The second kappa shape index (κ2) is 8.28. The van der Waals surface area contributed by atoms with Gasteiger partial charge in [-0.2, -0.15) is 4.31 Å². The van der Waals surface area contributed by atoms with Crippen LogP contribution in [0.1, 0.15) is 29.5 Å². The number of benzene rings is 2. The van der Waals surface area contributed by atoms with Gasteiger partial charge >= 0.3 is 11.6 Å². The average molecular weight is 442 g/mol. The molecule has 0 unspecified atom stereocenters. The van der Waals surface area contributed by atoms with Gasteiger partial charge in [0.05, 0.1) is 4.90 Å². The fourth-order valence-corrected chi connectivity index (χ4v) is 5.46. The van der Waals surface area contributed by atoms with Crippen LogP contribution < -0.4 is 5.63 Å². The lowest BCUT2D eigenvalue weighted by Crippen LogP contribution is -2.41. The zero-order valence-electron chi connectivity index (χ0n) is 17.3. The van der Waals surface area contributed by atoms with E-state index in [1.165, 1.54) is 10.4 Å². The number of hydrogen-bond donors (Lipinski definition) is 0. The topological polar surface area (TPSA) is 93.9 Å². The Bertz CT molecular complexity index is 1290. The minimum Gasteiger partial charge on any atom is -0.460 e. The molecule has 0 aliphatic carbocycles. The van der Waals surface area contributed by atoms with Gasteiger partial charge in [-0.3, -0.25) is 4.79 Å². The predicted octanol–water partition coefficient (Wildman–Crippen LogP) is 3.31. The van der Waals surface area contributed by atoms with Crippen LogP contribution in [0.4, 0.5) is 0 Å². The molecule has 1 aliphatic heterocycles. The number of esters is 1. The summed E-state index contributed by atoms with van der Waals surface area (Å²) in [6, 6.07) is 12.4. The Morgan fingerprint density at radius 2 is 1.81 bits per heavy atom. The van der Waals surface area contributed by atoms with Gasteiger partial charge in [0.2, 0.25) is 10.0 Å². The van der Waals surface area contributed by atoms with Gasteiger partial charge in [0.1, 0.15) is 18.2 Å². The molecule has 4 rings (SSSR count). The van der Waals surface area contributed by atoms with Crippen molar-refractivity contribution in [3.8, 4) is 0 Å². The first-order valence-electron chi connectivity index (χ1n) is 10.0. The number of sulfonamides is 1. The summed E-state index contributed by atoms with van der Waals surface area (Å²) in [7, 11) is -3.81. The van der Waals surface area contributed by atoms with Gasteiger partial charge in [-0.15, -0.1) is 0 Å². The van der Waals surface area contributed by atoms with Gasteiger partial charge in [0.25, 0.3) is 0 Å². The Kier molecular flexibility index (Phi) is 5.68. The summed E-state index contributed by atoms with van der Waals surface area (Å²) >= 11 is 0. The minimum absolute atomic E-state index is 0.140. The van der Waals surface area contributed by atoms with Crippen LogP contribution in [-0.2, 0) is 26.2 Å². The van der Waals surface area contributed by atoms with E-state index >= 15 is 0 Å². The van der Waals surface area contributed by atoms with E-state index in [9.17, 15) is 18.0 Å². The average Bonchev–Trinajstić information content (AvgIpc) is 3.22. The minimum atomic E-state index is -3.81. The number of ether oxygens (including phenoxy) is 1. The molecule has 7 nitrogen and oxygen atoms in total. The molecular weight excluding hydrogens is 418 g/mol. The molecule has 0 N–H and O–H groups in total. The maximum absolute atomic E-state index is 13.1. The second-order valence-electron chi connectivity index (χ2n) is 7.78. The summed E-state index contributed by atoms with van der Waals surface area (Å²) in [6.45, 7) is 3.88. The van der Waals surface area contributed by atoms with E-state index in [2.05, 4.69) is 0 Å². The third kappa shape index (κ3) is 4.26. The Hall–Kier alpha value is -2.97. The fraction of sp³-hybridized carbons (Fsp3) is 0.304. The maximum Gasteiger partial charge on any atom is 0.336 e. The predicted molar refractivity (Wildman–Crippen MR) is 115 cm³/mol. The molecule has 162 valence electrons. The molecular formula is C23H23NO6S. The molecule has 1 saturated heterocycles. The van der Waals surface area contributed by atoms with Gasteiger partial charge in [-0.1, -0.05) is 29.8 Å². The van der Waals surface area contributed by atoms with Crippen LogP contribution in [0.25, 0.3) is 11.0 Å². The van der Waals surface area contributed by atoms with Crippen LogP contribution in [0.2, 0.25) is 0 Å². The Morgan fingerprint density at radius 3 is 2.55 bits per heavy atom. The zero-order chi connectivity index (χ0) is 22.2. The van der Waals surface area contributed by atoms with Crippen molar-refractivity contribution in [3.63, 3.8) is 0 Å². The molecule has 3 aromatic rings. The van der Waals surface area contributed by atoms with Gasteiger partial charge in [0.15, 0.2) is 0 Å². The smallest absolute Gasteiger partial charge is 0.336 e. The second-order valence-corrected chi connectivity index (χ2v) is 9.68.